The van der Waals surface area contributed by atoms with Gasteiger partial charge in [-0.05, 0) is 61.5 Å². The van der Waals surface area contributed by atoms with E-state index in [1.165, 1.54) is 16.5 Å². The van der Waals surface area contributed by atoms with Crippen LogP contribution in [0.3, 0.4) is 0 Å². The Morgan fingerprint density at radius 1 is 1.04 bits per heavy atom. The van der Waals surface area contributed by atoms with Crippen LogP contribution >= 0.6 is 0 Å². The van der Waals surface area contributed by atoms with Gasteiger partial charge < -0.3 is 15.0 Å². The molecule has 2 aliphatic rings. The number of carbonyl (C=O) groups excluding carboxylic acids is 1. The van der Waals surface area contributed by atoms with Crippen LogP contribution in [0.2, 0.25) is 0 Å². The van der Waals surface area contributed by atoms with Gasteiger partial charge in [0.05, 0.1) is 6.10 Å². The molecule has 1 aliphatic carbocycles. The SMILES string of the molecule is O=C(C1CCC(O)CC1)N1CCC(c2cccc3cc[nH]c23)CC1. The number of benzene rings is 1. The standard InChI is InChI=1S/C20H26N2O2/c23-17-6-4-16(5-7-17)20(24)22-12-9-14(10-13-22)18-3-1-2-15-8-11-21-19(15)18/h1-3,8,11,14,16-17,21,23H,4-7,9-10,12-13H2. The maximum Gasteiger partial charge on any atom is 0.225 e. The lowest BCUT2D eigenvalue weighted by molar-refractivity contribution is -0.138. The second-order valence-corrected chi connectivity index (χ2v) is 7.39. The third kappa shape index (κ3) is 2.95. The van der Waals surface area contributed by atoms with E-state index in [9.17, 15) is 9.90 Å². The first-order valence-electron chi connectivity index (χ1n) is 9.25. The third-order valence-electron chi connectivity index (χ3n) is 5.91. The second kappa shape index (κ2) is 6.60. The summed E-state index contributed by atoms with van der Waals surface area (Å²) in [4.78, 5) is 18.1. The fourth-order valence-electron chi connectivity index (χ4n) is 4.44. The Morgan fingerprint density at radius 3 is 2.54 bits per heavy atom. The number of carbonyl (C=O) groups is 1. The fourth-order valence-corrected chi connectivity index (χ4v) is 4.44. The van der Waals surface area contributed by atoms with Crippen molar-refractivity contribution in [2.75, 3.05) is 13.1 Å². The van der Waals surface area contributed by atoms with Gasteiger partial charge in [0, 0.05) is 30.7 Å². The van der Waals surface area contributed by atoms with Crippen molar-refractivity contribution in [3.05, 3.63) is 36.0 Å². The molecule has 0 bridgehead atoms. The smallest absolute Gasteiger partial charge is 0.225 e. The van der Waals surface area contributed by atoms with Gasteiger partial charge in [-0.15, -0.1) is 0 Å². The number of piperidine rings is 1. The summed E-state index contributed by atoms with van der Waals surface area (Å²) in [6, 6.07) is 8.63. The van der Waals surface area contributed by atoms with Crippen molar-refractivity contribution in [2.24, 2.45) is 5.92 Å². The summed E-state index contributed by atoms with van der Waals surface area (Å²) in [5.41, 5.74) is 2.65. The normalized spacial score (nSPS) is 26.0. The number of aromatic amines is 1. The minimum atomic E-state index is -0.193. The number of fused-ring (bicyclic) bond motifs is 1. The highest BCUT2D eigenvalue weighted by Crippen LogP contribution is 2.34. The summed E-state index contributed by atoms with van der Waals surface area (Å²) < 4.78 is 0. The number of likely N-dealkylation sites (tertiary alicyclic amines) is 1. The summed E-state index contributed by atoms with van der Waals surface area (Å²) in [7, 11) is 0. The summed E-state index contributed by atoms with van der Waals surface area (Å²) in [6.45, 7) is 1.72. The van der Waals surface area contributed by atoms with E-state index in [4.69, 9.17) is 0 Å². The molecule has 0 radical (unpaired) electrons. The Hall–Kier alpha value is -1.81. The Morgan fingerprint density at radius 2 is 1.79 bits per heavy atom. The molecule has 2 aromatic rings. The number of hydrogen-bond donors (Lipinski definition) is 2. The third-order valence-corrected chi connectivity index (χ3v) is 5.91. The lowest BCUT2D eigenvalue weighted by atomic mass is 9.84. The molecule has 128 valence electrons. The fraction of sp³-hybridized carbons (Fsp3) is 0.550. The van der Waals surface area contributed by atoms with Gasteiger partial charge in [0.2, 0.25) is 5.91 Å². The molecule has 0 atom stereocenters. The Balaban J connectivity index is 1.40. The van der Waals surface area contributed by atoms with Crippen LogP contribution in [-0.4, -0.2) is 40.1 Å². The number of nitrogens with one attached hydrogen (secondary N) is 1. The van der Waals surface area contributed by atoms with Gasteiger partial charge in [-0.25, -0.2) is 0 Å². The van der Waals surface area contributed by atoms with Gasteiger partial charge in [-0.2, -0.15) is 0 Å². The number of rotatable bonds is 2. The molecule has 1 aromatic carbocycles. The van der Waals surface area contributed by atoms with E-state index in [-0.39, 0.29) is 12.0 Å². The highest BCUT2D eigenvalue weighted by molar-refractivity contribution is 5.83. The molecular weight excluding hydrogens is 300 g/mol. The highest BCUT2D eigenvalue weighted by atomic mass is 16.3. The van der Waals surface area contributed by atoms with Crippen LogP contribution in [-0.2, 0) is 4.79 Å². The highest BCUT2D eigenvalue weighted by Gasteiger charge is 2.31. The largest absolute Gasteiger partial charge is 0.393 e. The van der Waals surface area contributed by atoms with E-state index in [0.717, 1.165) is 51.6 Å². The number of amides is 1. The van der Waals surface area contributed by atoms with E-state index >= 15 is 0 Å². The molecule has 1 saturated carbocycles. The number of H-pyrrole nitrogens is 1. The first kappa shape index (κ1) is 15.7. The topological polar surface area (TPSA) is 56.3 Å². The number of hydrogen-bond acceptors (Lipinski definition) is 2. The van der Waals surface area contributed by atoms with E-state index < -0.39 is 0 Å². The molecule has 1 aromatic heterocycles. The second-order valence-electron chi connectivity index (χ2n) is 7.39. The number of para-hydroxylation sites is 1. The Labute approximate surface area is 142 Å². The van der Waals surface area contributed by atoms with Crippen molar-refractivity contribution in [3.8, 4) is 0 Å². The molecular formula is C20H26N2O2. The Bertz CT molecular complexity index is 707. The molecule has 1 aliphatic heterocycles. The molecule has 4 heteroatoms. The van der Waals surface area contributed by atoms with Crippen LogP contribution in [0, 0.1) is 5.92 Å². The average molecular weight is 326 g/mol. The van der Waals surface area contributed by atoms with Gasteiger partial charge in [-0.1, -0.05) is 18.2 Å². The van der Waals surface area contributed by atoms with Crippen molar-refractivity contribution in [3.63, 3.8) is 0 Å². The van der Waals surface area contributed by atoms with E-state index in [1.807, 2.05) is 6.20 Å². The van der Waals surface area contributed by atoms with Crippen molar-refractivity contribution < 1.29 is 9.90 Å². The van der Waals surface area contributed by atoms with Gasteiger partial charge in [-0.3, -0.25) is 4.79 Å². The quantitative estimate of drug-likeness (QED) is 0.888. The van der Waals surface area contributed by atoms with Crippen LogP contribution in [0.15, 0.2) is 30.5 Å². The molecule has 4 nitrogen and oxygen atoms in total. The minimum absolute atomic E-state index is 0.136. The maximum atomic E-state index is 12.7. The molecule has 0 unspecified atom stereocenters. The van der Waals surface area contributed by atoms with Crippen molar-refractivity contribution in [2.45, 2.75) is 50.5 Å². The van der Waals surface area contributed by atoms with Crippen molar-refractivity contribution in [1.82, 2.24) is 9.88 Å². The zero-order valence-corrected chi connectivity index (χ0v) is 14.1. The van der Waals surface area contributed by atoms with Gasteiger partial charge in [0.15, 0.2) is 0 Å². The predicted molar refractivity (Wildman–Crippen MR) is 94.8 cm³/mol. The van der Waals surface area contributed by atoms with Gasteiger partial charge in [0.1, 0.15) is 0 Å². The monoisotopic (exact) mass is 326 g/mol. The number of aromatic nitrogens is 1. The molecule has 1 amide bonds. The van der Waals surface area contributed by atoms with Crippen LogP contribution in [0.1, 0.15) is 50.0 Å². The molecule has 4 rings (SSSR count). The zero-order chi connectivity index (χ0) is 16.5. The summed E-state index contributed by atoms with van der Waals surface area (Å²) in [5, 5.41) is 10.9. The van der Waals surface area contributed by atoms with E-state index in [2.05, 4.69) is 34.1 Å². The van der Waals surface area contributed by atoms with Crippen LogP contribution in [0.4, 0.5) is 0 Å². The summed E-state index contributed by atoms with van der Waals surface area (Å²) >= 11 is 0. The van der Waals surface area contributed by atoms with Crippen LogP contribution in [0.25, 0.3) is 10.9 Å². The van der Waals surface area contributed by atoms with Crippen molar-refractivity contribution >= 4 is 16.8 Å². The molecule has 2 heterocycles. The van der Waals surface area contributed by atoms with Gasteiger partial charge >= 0.3 is 0 Å². The lowest BCUT2D eigenvalue weighted by Crippen LogP contribution is -2.42. The summed E-state index contributed by atoms with van der Waals surface area (Å²) in [5.74, 6) is 0.986. The van der Waals surface area contributed by atoms with Crippen molar-refractivity contribution in [1.29, 1.82) is 0 Å². The van der Waals surface area contributed by atoms with E-state index in [1.54, 1.807) is 0 Å². The van der Waals surface area contributed by atoms with Crippen LogP contribution in [0.5, 0.6) is 0 Å². The molecule has 2 fully saturated rings. The van der Waals surface area contributed by atoms with Crippen LogP contribution < -0.4 is 0 Å². The average Bonchev–Trinajstić information content (AvgIpc) is 3.11. The Kier molecular flexibility index (Phi) is 4.31. The number of aliphatic hydroxyl groups is 1. The molecule has 1 saturated heterocycles. The summed E-state index contributed by atoms with van der Waals surface area (Å²) in [6.07, 6.45) is 7.15. The minimum Gasteiger partial charge on any atom is -0.393 e. The number of aliphatic hydroxyl groups excluding tert-OH is 1. The maximum absolute atomic E-state index is 12.7. The van der Waals surface area contributed by atoms with Gasteiger partial charge in [0.25, 0.3) is 0 Å². The number of nitrogens with zero attached hydrogens (tertiary/aromatic N) is 1. The molecule has 2 N–H and O–H groups in total. The predicted octanol–water partition coefficient (Wildman–Crippen LogP) is 3.43. The zero-order valence-electron chi connectivity index (χ0n) is 14.1. The lowest BCUT2D eigenvalue weighted by Gasteiger charge is -2.36. The first-order chi connectivity index (χ1) is 11.7. The molecule has 0 spiro atoms. The van der Waals surface area contributed by atoms with E-state index in [0.29, 0.717) is 11.8 Å². The first-order valence-corrected chi connectivity index (χ1v) is 9.25. The molecule has 24 heavy (non-hydrogen) atoms.